The summed E-state index contributed by atoms with van der Waals surface area (Å²) in [5.41, 5.74) is 0. The molecule has 1 heterocycles. The number of amides is 1. The fourth-order valence-electron chi connectivity index (χ4n) is 2.31. The Hall–Kier alpha value is -0.610. The van der Waals surface area contributed by atoms with Crippen LogP contribution in [0.25, 0.3) is 0 Å². The molecule has 0 radical (unpaired) electrons. The second kappa shape index (κ2) is 9.34. The van der Waals surface area contributed by atoms with Gasteiger partial charge < -0.3 is 15.0 Å². The first kappa shape index (κ1) is 15.4. The van der Waals surface area contributed by atoms with Crippen molar-refractivity contribution in [1.29, 1.82) is 0 Å². The average molecular weight is 256 g/mol. The van der Waals surface area contributed by atoms with Gasteiger partial charge >= 0.3 is 0 Å². The van der Waals surface area contributed by atoms with E-state index < -0.39 is 0 Å². The van der Waals surface area contributed by atoms with E-state index >= 15 is 0 Å². The lowest BCUT2D eigenvalue weighted by atomic mass is 10.0. The molecule has 0 bridgehead atoms. The van der Waals surface area contributed by atoms with Crippen molar-refractivity contribution in [3.05, 3.63) is 0 Å². The molecule has 0 aliphatic carbocycles. The third kappa shape index (κ3) is 6.36. The van der Waals surface area contributed by atoms with Gasteiger partial charge in [-0.3, -0.25) is 4.79 Å². The molecule has 1 unspecified atom stereocenters. The van der Waals surface area contributed by atoms with Gasteiger partial charge in [-0.1, -0.05) is 6.42 Å². The van der Waals surface area contributed by atoms with Gasteiger partial charge in [0, 0.05) is 39.3 Å². The molecule has 1 N–H and O–H groups in total. The Kier molecular flexibility index (Phi) is 8.01. The zero-order chi connectivity index (χ0) is 13.2. The van der Waals surface area contributed by atoms with Crippen LogP contribution >= 0.6 is 0 Å². The Balaban J connectivity index is 2.07. The summed E-state index contributed by atoms with van der Waals surface area (Å²) in [6.45, 7) is 5.41. The summed E-state index contributed by atoms with van der Waals surface area (Å²) in [5, 5.41) is 3.52. The van der Waals surface area contributed by atoms with Crippen LogP contribution in [0.3, 0.4) is 0 Å². The predicted octanol–water partition coefficient (Wildman–Crippen LogP) is 1.79. The van der Waals surface area contributed by atoms with Gasteiger partial charge in [0.2, 0.25) is 5.91 Å². The van der Waals surface area contributed by atoms with Crippen molar-refractivity contribution in [2.45, 2.75) is 51.5 Å². The number of nitrogens with one attached hydrogen (secondary N) is 1. The van der Waals surface area contributed by atoms with Crippen molar-refractivity contribution < 1.29 is 9.53 Å². The molecule has 0 aromatic rings. The third-order valence-corrected chi connectivity index (χ3v) is 3.53. The fraction of sp³-hybridized carbons (Fsp3) is 0.929. The zero-order valence-corrected chi connectivity index (χ0v) is 11.9. The number of hydrogen-bond donors (Lipinski definition) is 1. The summed E-state index contributed by atoms with van der Waals surface area (Å²) < 4.78 is 5.24. The molecule has 1 atom stereocenters. The molecule has 4 nitrogen and oxygen atoms in total. The number of rotatable bonds is 8. The lowest BCUT2D eigenvalue weighted by Gasteiger charge is -2.26. The Morgan fingerprint density at radius 1 is 1.44 bits per heavy atom. The number of carbonyl (C=O) groups excluding carboxylic acids is 1. The van der Waals surface area contributed by atoms with Crippen LogP contribution in [-0.2, 0) is 9.53 Å². The standard InChI is InChI=1S/C14H28N2O2/c1-3-18-12-6-8-14(17)16(2)11-9-13-7-4-5-10-15-13/h13,15H,3-12H2,1-2H3. The molecule has 0 aromatic carbocycles. The van der Waals surface area contributed by atoms with E-state index in [2.05, 4.69) is 5.32 Å². The Labute approximate surface area is 111 Å². The molecule has 18 heavy (non-hydrogen) atoms. The lowest BCUT2D eigenvalue weighted by Crippen LogP contribution is -2.38. The van der Waals surface area contributed by atoms with Crippen LogP contribution in [0.2, 0.25) is 0 Å². The number of carbonyl (C=O) groups is 1. The van der Waals surface area contributed by atoms with Gasteiger partial charge in [-0.05, 0) is 39.2 Å². The van der Waals surface area contributed by atoms with E-state index in [1.165, 1.54) is 19.3 Å². The van der Waals surface area contributed by atoms with E-state index in [1.54, 1.807) is 0 Å². The van der Waals surface area contributed by atoms with Gasteiger partial charge in [0.25, 0.3) is 0 Å². The van der Waals surface area contributed by atoms with Gasteiger partial charge in [-0.2, -0.15) is 0 Å². The highest BCUT2D eigenvalue weighted by Gasteiger charge is 2.14. The van der Waals surface area contributed by atoms with Crippen LogP contribution in [0.4, 0.5) is 0 Å². The topological polar surface area (TPSA) is 41.6 Å². The average Bonchev–Trinajstić information content (AvgIpc) is 2.42. The van der Waals surface area contributed by atoms with Crippen molar-refractivity contribution >= 4 is 5.91 Å². The minimum atomic E-state index is 0.241. The number of hydrogen-bond acceptors (Lipinski definition) is 3. The molecular weight excluding hydrogens is 228 g/mol. The summed E-state index contributed by atoms with van der Waals surface area (Å²) in [5.74, 6) is 0.241. The predicted molar refractivity (Wildman–Crippen MR) is 73.6 cm³/mol. The molecule has 1 rings (SSSR count). The van der Waals surface area contributed by atoms with E-state index in [0.717, 1.165) is 32.5 Å². The molecule has 1 amide bonds. The first-order chi connectivity index (χ1) is 8.74. The maximum atomic E-state index is 11.8. The molecular formula is C14H28N2O2. The van der Waals surface area contributed by atoms with E-state index in [1.807, 2.05) is 18.9 Å². The van der Waals surface area contributed by atoms with E-state index in [0.29, 0.717) is 19.1 Å². The van der Waals surface area contributed by atoms with E-state index in [4.69, 9.17) is 4.74 Å². The van der Waals surface area contributed by atoms with Gasteiger partial charge in [0.1, 0.15) is 0 Å². The van der Waals surface area contributed by atoms with Crippen molar-refractivity contribution in [3.63, 3.8) is 0 Å². The summed E-state index contributed by atoms with van der Waals surface area (Å²) in [4.78, 5) is 13.7. The molecule has 4 heteroatoms. The smallest absolute Gasteiger partial charge is 0.222 e. The van der Waals surface area contributed by atoms with E-state index in [9.17, 15) is 4.79 Å². The second-order valence-electron chi connectivity index (χ2n) is 5.05. The Bertz CT molecular complexity index is 228. The van der Waals surface area contributed by atoms with Crippen LogP contribution in [0, 0.1) is 0 Å². The van der Waals surface area contributed by atoms with Gasteiger partial charge in [0.05, 0.1) is 0 Å². The van der Waals surface area contributed by atoms with Crippen molar-refractivity contribution in [3.8, 4) is 0 Å². The van der Waals surface area contributed by atoms with Crippen LogP contribution in [0.5, 0.6) is 0 Å². The third-order valence-electron chi connectivity index (χ3n) is 3.53. The maximum Gasteiger partial charge on any atom is 0.222 e. The second-order valence-corrected chi connectivity index (χ2v) is 5.05. The van der Waals surface area contributed by atoms with Crippen LogP contribution in [0.1, 0.15) is 45.4 Å². The molecule has 0 spiro atoms. The monoisotopic (exact) mass is 256 g/mol. The normalized spacial score (nSPS) is 19.8. The lowest BCUT2D eigenvalue weighted by molar-refractivity contribution is -0.130. The molecule has 1 aliphatic heterocycles. The van der Waals surface area contributed by atoms with Gasteiger partial charge in [-0.25, -0.2) is 0 Å². The van der Waals surface area contributed by atoms with Crippen molar-refractivity contribution in [2.24, 2.45) is 0 Å². The van der Waals surface area contributed by atoms with E-state index in [-0.39, 0.29) is 5.91 Å². The first-order valence-corrected chi connectivity index (χ1v) is 7.29. The number of nitrogens with zero attached hydrogens (tertiary/aromatic N) is 1. The minimum absolute atomic E-state index is 0.241. The number of ether oxygens (including phenoxy) is 1. The molecule has 106 valence electrons. The molecule has 0 saturated carbocycles. The fourth-order valence-corrected chi connectivity index (χ4v) is 2.31. The van der Waals surface area contributed by atoms with Crippen LogP contribution in [0.15, 0.2) is 0 Å². The van der Waals surface area contributed by atoms with Gasteiger partial charge in [0.15, 0.2) is 0 Å². The molecule has 0 aromatic heterocycles. The first-order valence-electron chi connectivity index (χ1n) is 7.29. The van der Waals surface area contributed by atoms with Crippen LogP contribution in [-0.4, -0.2) is 50.2 Å². The summed E-state index contributed by atoms with van der Waals surface area (Å²) >= 11 is 0. The largest absolute Gasteiger partial charge is 0.382 e. The zero-order valence-electron chi connectivity index (χ0n) is 11.9. The highest BCUT2D eigenvalue weighted by Crippen LogP contribution is 2.10. The van der Waals surface area contributed by atoms with Crippen molar-refractivity contribution in [2.75, 3.05) is 33.4 Å². The Morgan fingerprint density at radius 3 is 2.94 bits per heavy atom. The summed E-state index contributed by atoms with van der Waals surface area (Å²) in [6.07, 6.45) is 6.39. The SMILES string of the molecule is CCOCCCC(=O)N(C)CCC1CCCCN1. The highest BCUT2D eigenvalue weighted by molar-refractivity contribution is 5.75. The molecule has 1 aliphatic rings. The quantitative estimate of drug-likeness (QED) is 0.673. The molecule has 1 saturated heterocycles. The molecule has 1 fully saturated rings. The summed E-state index contributed by atoms with van der Waals surface area (Å²) in [6, 6.07) is 0.609. The highest BCUT2D eigenvalue weighted by atomic mass is 16.5. The Morgan fingerprint density at radius 2 is 2.28 bits per heavy atom. The minimum Gasteiger partial charge on any atom is -0.382 e. The summed E-state index contributed by atoms with van der Waals surface area (Å²) in [7, 11) is 1.91. The van der Waals surface area contributed by atoms with Crippen LogP contribution < -0.4 is 5.32 Å². The van der Waals surface area contributed by atoms with Crippen molar-refractivity contribution in [1.82, 2.24) is 10.2 Å². The maximum absolute atomic E-state index is 11.8. The van der Waals surface area contributed by atoms with Gasteiger partial charge in [-0.15, -0.1) is 0 Å². The number of piperidine rings is 1.